The highest BCUT2D eigenvalue weighted by molar-refractivity contribution is 5.86. The van der Waals surface area contributed by atoms with Crippen LogP contribution in [0.1, 0.15) is 5.56 Å². The Labute approximate surface area is 133 Å². The van der Waals surface area contributed by atoms with E-state index in [1.54, 1.807) is 6.07 Å². The second kappa shape index (κ2) is 6.62. The van der Waals surface area contributed by atoms with Gasteiger partial charge in [0.05, 0.1) is 6.61 Å². The molecule has 0 amide bonds. The minimum absolute atomic E-state index is 0.0525. The molecule has 0 aliphatic rings. The number of aryl methyl sites for hydroxylation is 1. The molecule has 2 N–H and O–H groups in total. The standard InChI is InChI=1S/C18H17FN2O2/c1-12-11-14(19)6-7-15(12)20-17-8-5-13-3-2-4-16(18(13)21-17)23-10-9-22/h2-8,11,22H,9-10H2,1H3,(H,20,21). The normalized spacial score (nSPS) is 10.7. The number of ether oxygens (including phenoxy) is 1. The first-order valence-corrected chi connectivity index (χ1v) is 7.34. The molecule has 1 aromatic heterocycles. The van der Waals surface area contributed by atoms with Crippen molar-refractivity contribution in [1.29, 1.82) is 0 Å². The number of benzene rings is 2. The van der Waals surface area contributed by atoms with E-state index in [4.69, 9.17) is 9.84 Å². The minimum atomic E-state index is -0.265. The molecule has 0 radical (unpaired) electrons. The highest BCUT2D eigenvalue weighted by atomic mass is 19.1. The number of anilines is 2. The van der Waals surface area contributed by atoms with Crippen LogP contribution >= 0.6 is 0 Å². The average Bonchev–Trinajstić information content (AvgIpc) is 2.55. The number of fused-ring (bicyclic) bond motifs is 1. The Bertz CT molecular complexity index is 836. The first-order chi connectivity index (χ1) is 11.2. The predicted molar refractivity (Wildman–Crippen MR) is 88.7 cm³/mol. The highest BCUT2D eigenvalue weighted by Crippen LogP contribution is 2.27. The van der Waals surface area contributed by atoms with Gasteiger partial charge in [-0.15, -0.1) is 0 Å². The zero-order chi connectivity index (χ0) is 16.2. The summed E-state index contributed by atoms with van der Waals surface area (Å²) in [5, 5.41) is 13.1. The summed E-state index contributed by atoms with van der Waals surface area (Å²) in [6.45, 7) is 2.00. The van der Waals surface area contributed by atoms with Gasteiger partial charge in [-0.05, 0) is 48.9 Å². The molecular weight excluding hydrogens is 295 g/mol. The molecule has 23 heavy (non-hydrogen) atoms. The minimum Gasteiger partial charge on any atom is -0.489 e. The topological polar surface area (TPSA) is 54.4 Å². The number of rotatable bonds is 5. The summed E-state index contributed by atoms with van der Waals surface area (Å²) in [5.41, 5.74) is 2.31. The third-order valence-corrected chi connectivity index (χ3v) is 3.48. The fourth-order valence-electron chi connectivity index (χ4n) is 2.37. The number of aliphatic hydroxyl groups is 1. The van der Waals surface area contributed by atoms with Gasteiger partial charge in [0.25, 0.3) is 0 Å². The number of hydrogen-bond donors (Lipinski definition) is 2. The average molecular weight is 312 g/mol. The van der Waals surface area contributed by atoms with Crippen LogP contribution in [0.2, 0.25) is 0 Å². The number of pyridine rings is 1. The Balaban J connectivity index is 1.95. The van der Waals surface area contributed by atoms with Gasteiger partial charge in [0, 0.05) is 11.1 Å². The second-order valence-corrected chi connectivity index (χ2v) is 5.18. The molecule has 0 fully saturated rings. The lowest BCUT2D eigenvalue weighted by atomic mass is 10.2. The Morgan fingerprint density at radius 3 is 2.83 bits per heavy atom. The van der Waals surface area contributed by atoms with Gasteiger partial charge >= 0.3 is 0 Å². The molecule has 0 aliphatic heterocycles. The summed E-state index contributed by atoms with van der Waals surface area (Å²) in [4.78, 5) is 4.58. The number of aromatic nitrogens is 1. The van der Waals surface area contributed by atoms with Crippen LogP contribution in [0.25, 0.3) is 10.9 Å². The zero-order valence-corrected chi connectivity index (χ0v) is 12.7. The van der Waals surface area contributed by atoms with Crippen molar-refractivity contribution in [3.63, 3.8) is 0 Å². The van der Waals surface area contributed by atoms with E-state index in [2.05, 4.69) is 10.3 Å². The molecule has 1 heterocycles. The van der Waals surface area contributed by atoms with Crippen LogP contribution in [0.4, 0.5) is 15.9 Å². The maximum absolute atomic E-state index is 13.2. The fraction of sp³-hybridized carbons (Fsp3) is 0.167. The van der Waals surface area contributed by atoms with Crippen LogP contribution in [-0.2, 0) is 0 Å². The van der Waals surface area contributed by atoms with Gasteiger partial charge in [0.1, 0.15) is 29.5 Å². The first kappa shape index (κ1) is 15.2. The molecule has 3 rings (SSSR count). The SMILES string of the molecule is Cc1cc(F)ccc1Nc1ccc2cccc(OCCO)c2n1. The summed E-state index contributed by atoms with van der Waals surface area (Å²) in [6, 6.07) is 14.0. The third-order valence-electron chi connectivity index (χ3n) is 3.48. The van der Waals surface area contributed by atoms with Crippen LogP contribution in [-0.4, -0.2) is 23.3 Å². The molecular formula is C18H17FN2O2. The van der Waals surface area contributed by atoms with Crippen LogP contribution in [0.3, 0.4) is 0 Å². The molecule has 4 nitrogen and oxygen atoms in total. The number of nitrogens with one attached hydrogen (secondary N) is 1. The van der Waals surface area contributed by atoms with Crippen molar-refractivity contribution in [2.75, 3.05) is 18.5 Å². The van der Waals surface area contributed by atoms with Crippen molar-refractivity contribution in [2.45, 2.75) is 6.92 Å². The molecule has 0 saturated carbocycles. The number of para-hydroxylation sites is 1. The fourth-order valence-corrected chi connectivity index (χ4v) is 2.37. The quantitative estimate of drug-likeness (QED) is 0.752. The van der Waals surface area contributed by atoms with Gasteiger partial charge in [-0.25, -0.2) is 9.37 Å². The lowest BCUT2D eigenvalue weighted by Gasteiger charge is -2.11. The van der Waals surface area contributed by atoms with E-state index in [1.165, 1.54) is 12.1 Å². The summed E-state index contributed by atoms with van der Waals surface area (Å²) >= 11 is 0. The van der Waals surface area contributed by atoms with E-state index in [0.29, 0.717) is 17.1 Å². The zero-order valence-electron chi connectivity index (χ0n) is 12.7. The maximum atomic E-state index is 13.2. The van der Waals surface area contributed by atoms with E-state index >= 15 is 0 Å². The highest BCUT2D eigenvalue weighted by Gasteiger charge is 2.07. The van der Waals surface area contributed by atoms with Gasteiger partial charge < -0.3 is 15.2 Å². The van der Waals surface area contributed by atoms with Crippen molar-refractivity contribution in [1.82, 2.24) is 4.98 Å². The maximum Gasteiger partial charge on any atom is 0.145 e. The van der Waals surface area contributed by atoms with Crippen LogP contribution in [0.15, 0.2) is 48.5 Å². The summed E-state index contributed by atoms with van der Waals surface area (Å²) in [5.74, 6) is 1.00. The van der Waals surface area contributed by atoms with Gasteiger partial charge in [-0.1, -0.05) is 12.1 Å². The summed E-state index contributed by atoms with van der Waals surface area (Å²) in [7, 11) is 0. The lowest BCUT2D eigenvalue weighted by molar-refractivity contribution is 0.202. The first-order valence-electron chi connectivity index (χ1n) is 7.34. The van der Waals surface area contributed by atoms with Crippen molar-refractivity contribution < 1.29 is 14.2 Å². The lowest BCUT2D eigenvalue weighted by Crippen LogP contribution is -2.03. The largest absolute Gasteiger partial charge is 0.489 e. The molecule has 0 saturated heterocycles. The van der Waals surface area contributed by atoms with Gasteiger partial charge in [-0.3, -0.25) is 0 Å². The number of aliphatic hydroxyl groups excluding tert-OH is 1. The number of halogens is 1. The molecule has 3 aromatic rings. The van der Waals surface area contributed by atoms with E-state index in [-0.39, 0.29) is 19.0 Å². The molecule has 0 atom stereocenters. The molecule has 0 bridgehead atoms. The molecule has 2 aromatic carbocycles. The Morgan fingerprint density at radius 1 is 1.17 bits per heavy atom. The Morgan fingerprint density at radius 2 is 2.04 bits per heavy atom. The van der Waals surface area contributed by atoms with Crippen LogP contribution < -0.4 is 10.1 Å². The van der Waals surface area contributed by atoms with Crippen molar-refractivity contribution >= 4 is 22.4 Å². The van der Waals surface area contributed by atoms with Crippen molar-refractivity contribution in [3.05, 3.63) is 59.9 Å². The monoisotopic (exact) mass is 312 g/mol. The van der Waals surface area contributed by atoms with Crippen LogP contribution in [0, 0.1) is 12.7 Å². The molecule has 0 spiro atoms. The summed E-state index contributed by atoms with van der Waals surface area (Å²) in [6.07, 6.45) is 0. The number of hydrogen-bond acceptors (Lipinski definition) is 4. The van der Waals surface area contributed by atoms with Crippen molar-refractivity contribution in [3.8, 4) is 5.75 Å². The van der Waals surface area contributed by atoms with Gasteiger partial charge in [0.2, 0.25) is 0 Å². The Hall–Kier alpha value is -2.66. The Kier molecular flexibility index (Phi) is 4.39. The van der Waals surface area contributed by atoms with Crippen molar-refractivity contribution in [2.24, 2.45) is 0 Å². The van der Waals surface area contributed by atoms with Gasteiger partial charge in [-0.2, -0.15) is 0 Å². The third kappa shape index (κ3) is 3.40. The second-order valence-electron chi connectivity index (χ2n) is 5.18. The molecule has 0 aliphatic carbocycles. The molecule has 5 heteroatoms. The number of nitrogens with zero attached hydrogens (tertiary/aromatic N) is 1. The van der Waals surface area contributed by atoms with E-state index in [1.807, 2.05) is 37.3 Å². The van der Waals surface area contributed by atoms with Crippen LogP contribution in [0.5, 0.6) is 5.75 Å². The van der Waals surface area contributed by atoms with E-state index < -0.39 is 0 Å². The smallest absolute Gasteiger partial charge is 0.145 e. The molecule has 0 unspecified atom stereocenters. The molecule has 118 valence electrons. The van der Waals surface area contributed by atoms with E-state index in [9.17, 15) is 4.39 Å². The van der Waals surface area contributed by atoms with Gasteiger partial charge in [0.15, 0.2) is 0 Å². The predicted octanol–water partition coefficient (Wildman–Crippen LogP) is 3.80. The van der Waals surface area contributed by atoms with E-state index in [0.717, 1.165) is 16.6 Å². The summed E-state index contributed by atoms with van der Waals surface area (Å²) < 4.78 is 18.7.